The number of hydrogen-bond acceptors (Lipinski definition) is 3. The molecule has 0 atom stereocenters. The molecule has 0 aromatic heterocycles. The second-order valence-electron chi connectivity index (χ2n) is 4.53. The Morgan fingerprint density at radius 3 is 2.19 bits per heavy atom. The minimum absolute atomic E-state index is 0.400. The Hall–Kier alpha value is -0.870. The van der Waals surface area contributed by atoms with E-state index in [0.717, 1.165) is 11.1 Å². The molecule has 0 aliphatic rings. The molecule has 0 amide bonds. The highest BCUT2D eigenvalue weighted by atomic mass is 32.2. The molecule has 0 aliphatic heterocycles. The summed E-state index contributed by atoms with van der Waals surface area (Å²) in [6.45, 7) is 7.11. The molecule has 16 heavy (non-hydrogen) atoms. The summed E-state index contributed by atoms with van der Waals surface area (Å²) >= 11 is 0. The molecule has 0 unspecified atom stereocenters. The summed E-state index contributed by atoms with van der Waals surface area (Å²) in [6.07, 6.45) is 0. The molecule has 0 radical (unpaired) electrons. The predicted octanol–water partition coefficient (Wildman–Crippen LogP) is 2.03. The van der Waals surface area contributed by atoms with E-state index in [4.69, 9.17) is 0 Å². The van der Waals surface area contributed by atoms with E-state index in [0.29, 0.717) is 4.90 Å². The summed E-state index contributed by atoms with van der Waals surface area (Å²) in [5.41, 5.74) is 1.86. The maximum absolute atomic E-state index is 12.4. The SMILES string of the molecule is CNC(C)(C)S(=O)(=O)c1ccc(C)cc1C. The van der Waals surface area contributed by atoms with Crippen molar-refractivity contribution in [3.63, 3.8) is 0 Å². The van der Waals surface area contributed by atoms with Crippen molar-refractivity contribution in [2.45, 2.75) is 37.5 Å². The Balaban J connectivity index is 3.40. The number of benzene rings is 1. The third-order valence-electron chi connectivity index (χ3n) is 2.89. The molecular formula is C12H19NO2S. The van der Waals surface area contributed by atoms with Crippen molar-refractivity contribution in [3.8, 4) is 0 Å². The van der Waals surface area contributed by atoms with Crippen molar-refractivity contribution in [1.82, 2.24) is 5.32 Å². The lowest BCUT2D eigenvalue weighted by atomic mass is 10.2. The molecular weight excluding hydrogens is 222 g/mol. The summed E-state index contributed by atoms with van der Waals surface area (Å²) in [4.78, 5) is -0.551. The summed E-state index contributed by atoms with van der Waals surface area (Å²) in [5, 5.41) is 2.83. The van der Waals surface area contributed by atoms with Gasteiger partial charge in [-0.05, 0) is 46.4 Å². The molecule has 0 saturated carbocycles. The van der Waals surface area contributed by atoms with Crippen molar-refractivity contribution in [2.75, 3.05) is 7.05 Å². The van der Waals surface area contributed by atoms with Gasteiger partial charge in [-0.15, -0.1) is 0 Å². The zero-order chi connectivity index (χ0) is 12.6. The molecule has 0 heterocycles. The number of rotatable bonds is 3. The van der Waals surface area contributed by atoms with Crippen LogP contribution < -0.4 is 5.32 Å². The van der Waals surface area contributed by atoms with Gasteiger partial charge in [-0.1, -0.05) is 17.7 Å². The molecule has 0 spiro atoms. The summed E-state index contributed by atoms with van der Waals surface area (Å²) in [5.74, 6) is 0. The molecule has 1 aromatic carbocycles. The fraction of sp³-hybridized carbons (Fsp3) is 0.500. The Morgan fingerprint density at radius 1 is 1.19 bits per heavy atom. The van der Waals surface area contributed by atoms with E-state index in [1.54, 1.807) is 27.0 Å². The van der Waals surface area contributed by atoms with Gasteiger partial charge in [0.1, 0.15) is 4.87 Å². The highest BCUT2D eigenvalue weighted by Gasteiger charge is 2.34. The minimum Gasteiger partial charge on any atom is -0.302 e. The highest BCUT2D eigenvalue weighted by Crippen LogP contribution is 2.26. The van der Waals surface area contributed by atoms with Crippen LogP contribution >= 0.6 is 0 Å². The van der Waals surface area contributed by atoms with Crippen LogP contribution in [-0.2, 0) is 9.84 Å². The first-order chi connectivity index (χ1) is 7.22. The van der Waals surface area contributed by atoms with Gasteiger partial charge in [0.15, 0.2) is 9.84 Å². The predicted molar refractivity (Wildman–Crippen MR) is 66.2 cm³/mol. The summed E-state index contributed by atoms with van der Waals surface area (Å²) < 4.78 is 24.7. The maximum atomic E-state index is 12.4. The minimum atomic E-state index is -3.35. The van der Waals surface area contributed by atoms with E-state index >= 15 is 0 Å². The van der Waals surface area contributed by atoms with Crippen LogP contribution in [0, 0.1) is 13.8 Å². The van der Waals surface area contributed by atoms with E-state index in [-0.39, 0.29) is 0 Å². The molecule has 1 rings (SSSR count). The monoisotopic (exact) mass is 241 g/mol. The molecule has 0 fully saturated rings. The normalized spacial score (nSPS) is 12.8. The lowest BCUT2D eigenvalue weighted by molar-refractivity contribution is 0.510. The van der Waals surface area contributed by atoms with Gasteiger partial charge in [0.2, 0.25) is 0 Å². The van der Waals surface area contributed by atoms with Gasteiger partial charge in [-0.2, -0.15) is 0 Å². The van der Waals surface area contributed by atoms with Gasteiger partial charge in [0.25, 0.3) is 0 Å². The number of nitrogens with one attached hydrogen (secondary N) is 1. The topological polar surface area (TPSA) is 46.2 Å². The van der Waals surface area contributed by atoms with Crippen molar-refractivity contribution >= 4 is 9.84 Å². The van der Waals surface area contributed by atoms with Crippen LogP contribution in [0.5, 0.6) is 0 Å². The first-order valence-electron chi connectivity index (χ1n) is 5.23. The Labute approximate surface area is 97.8 Å². The first-order valence-corrected chi connectivity index (χ1v) is 6.71. The van der Waals surface area contributed by atoms with Crippen molar-refractivity contribution < 1.29 is 8.42 Å². The van der Waals surface area contributed by atoms with Crippen LogP contribution in [0.1, 0.15) is 25.0 Å². The molecule has 3 nitrogen and oxygen atoms in total. The van der Waals surface area contributed by atoms with Crippen LogP contribution in [-0.4, -0.2) is 20.3 Å². The van der Waals surface area contributed by atoms with Gasteiger partial charge >= 0.3 is 0 Å². The quantitative estimate of drug-likeness (QED) is 0.880. The fourth-order valence-electron chi connectivity index (χ4n) is 1.51. The van der Waals surface area contributed by atoms with Gasteiger partial charge in [-0.25, -0.2) is 8.42 Å². The Kier molecular flexibility index (Phi) is 3.45. The highest BCUT2D eigenvalue weighted by molar-refractivity contribution is 7.92. The van der Waals surface area contributed by atoms with Crippen LogP contribution in [0.3, 0.4) is 0 Å². The lowest BCUT2D eigenvalue weighted by Gasteiger charge is -2.25. The van der Waals surface area contributed by atoms with Crippen LogP contribution in [0.4, 0.5) is 0 Å². The fourth-order valence-corrected chi connectivity index (χ4v) is 3.06. The van der Waals surface area contributed by atoms with Gasteiger partial charge in [0.05, 0.1) is 4.90 Å². The third-order valence-corrected chi connectivity index (χ3v) is 5.48. The molecule has 1 aromatic rings. The maximum Gasteiger partial charge on any atom is 0.196 e. The van der Waals surface area contributed by atoms with E-state index in [1.165, 1.54) is 0 Å². The molecule has 4 heteroatoms. The molecule has 1 N–H and O–H groups in total. The Morgan fingerprint density at radius 2 is 1.75 bits per heavy atom. The standard InChI is InChI=1S/C12H19NO2S/c1-9-6-7-11(10(2)8-9)16(14,15)12(3,4)13-5/h6-8,13H,1-5H3. The van der Waals surface area contributed by atoms with Crippen LogP contribution in [0.25, 0.3) is 0 Å². The van der Waals surface area contributed by atoms with Gasteiger partial charge in [-0.3, -0.25) is 0 Å². The van der Waals surface area contributed by atoms with Gasteiger partial charge < -0.3 is 5.32 Å². The third kappa shape index (κ3) is 2.13. The molecule has 90 valence electrons. The zero-order valence-corrected chi connectivity index (χ0v) is 11.3. The molecule has 0 saturated heterocycles. The van der Waals surface area contributed by atoms with Gasteiger partial charge in [0, 0.05) is 0 Å². The zero-order valence-electron chi connectivity index (χ0n) is 10.5. The summed E-state index contributed by atoms with van der Waals surface area (Å²) in [6, 6.07) is 5.39. The summed E-state index contributed by atoms with van der Waals surface area (Å²) in [7, 11) is -1.69. The van der Waals surface area contributed by atoms with E-state index in [1.807, 2.05) is 26.0 Å². The van der Waals surface area contributed by atoms with Crippen LogP contribution in [0.15, 0.2) is 23.1 Å². The van der Waals surface area contributed by atoms with E-state index in [9.17, 15) is 8.42 Å². The molecule has 0 aliphatic carbocycles. The van der Waals surface area contributed by atoms with E-state index in [2.05, 4.69) is 5.32 Å². The smallest absolute Gasteiger partial charge is 0.196 e. The number of aryl methyl sites for hydroxylation is 2. The lowest BCUT2D eigenvalue weighted by Crippen LogP contribution is -2.44. The largest absolute Gasteiger partial charge is 0.302 e. The van der Waals surface area contributed by atoms with Crippen molar-refractivity contribution in [2.24, 2.45) is 0 Å². The Bertz CT molecular complexity index is 490. The molecule has 0 bridgehead atoms. The van der Waals surface area contributed by atoms with Crippen molar-refractivity contribution in [3.05, 3.63) is 29.3 Å². The van der Waals surface area contributed by atoms with E-state index < -0.39 is 14.7 Å². The number of sulfone groups is 1. The van der Waals surface area contributed by atoms with Crippen molar-refractivity contribution in [1.29, 1.82) is 0 Å². The first kappa shape index (κ1) is 13.2. The van der Waals surface area contributed by atoms with Crippen LogP contribution in [0.2, 0.25) is 0 Å². The second-order valence-corrected chi connectivity index (χ2v) is 7.00. The average molecular weight is 241 g/mol. The average Bonchev–Trinajstić information content (AvgIpc) is 2.16. The second kappa shape index (κ2) is 4.18. The number of hydrogen-bond donors (Lipinski definition) is 1.